The van der Waals surface area contributed by atoms with Gasteiger partial charge in [-0.2, -0.15) is 0 Å². The first-order valence-electron chi connectivity index (χ1n) is 11.2. The quantitative estimate of drug-likeness (QED) is 0.385. The molecule has 0 bridgehead atoms. The summed E-state index contributed by atoms with van der Waals surface area (Å²) in [6.45, 7) is -0.543. The standard InChI is InChI=1S/C25H26F2N4O6/c1-31(24(33)28-14-17-9-6-10-19(26)23(17)27)18(11-12-22(32)35-2)15-36-25(34)29-21-13-20(37-30-21)16-7-4-3-5-8-16/h3-10,13,18H,11-12,14-15H2,1-2H3,(H,28,33)(H,29,30,34)/t18-/m0/s1. The molecule has 0 aliphatic carbocycles. The molecule has 0 saturated carbocycles. The fraction of sp³-hybridized carbons (Fsp3) is 0.280. The molecule has 12 heteroatoms. The molecule has 0 unspecified atom stereocenters. The first-order valence-corrected chi connectivity index (χ1v) is 11.2. The highest BCUT2D eigenvalue weighted by molar-refractivity contribution is 5.84. The van der Waals surface area contributed by atoms with Crippen molar-refractivity contribution in [2.45, 2.75) is 25.4 Å². The van der Waals surface area contributed by atoms with Gasteiger partial charge < -0.3 is 24.2 Å². The molecule has 0 aliphatic heterocycles. The lowest BCUT2D eigenvalue weighted by molar-refractivity contribution is -0.141. The smallest absolute Gasteiger partial charge is 0.412 e. The highest BCUT2D eigenvalue weighted by atomic mass is 19.2. The monoisotopic (exact) mass is 516 g/mol. The molecule has 2 N–H and O–H groups in total. The van der Waals surface area contributed by atoms with Crippen LogP contribution >= 0.6 is 0 Å². The summed E-state index contributed by atoms with van der Waals surface area (Å²) in [6.07, 6.45) is -0.793. The minimum absolute atomic E-state index is 0.0361. The molecule has 2 aromatic carbocycles. The fourth-order valence-corrected chi connectivity index (χ4v) is 3.31. The number of aromatic nitrogens is 1. The molecule has 0 radical (unpaired) electrons. The van der Waals surface area contributed by atoms with E-state index in [1.165, 1.54) is 37.3 Å². The maximum Gasteiger partial charge on any atom is 0.412 e. The van der Waals surface area contributed by atoms with Crippen LogP contribution in [-0.2, 0) is 20.8 Å². The molecular weight excluding hydrogens is 490 g/mol. The molecule has 1 aromatic heterocycles. The van der Waals surface area contributed by atoms with Crippen LogP contribution in [0, 0.1) is 11.6 Å². The Morgan fingerprint density at radius 1 is 1.11 bits per heavy atom. The molecule has 1 atom stereocenters. The van der Waals surface area contributed by atoms with Crippen LogP contribution in [0.25, 0.3) is 11.3 Å². The number of carbonyl (C=O) groups excluding carboxylic acids is 3. The van der Waals surface area contributed by atoms with E-state index in [1.54, 1.807) is 0 Å². The molecule has 0 fully saturated rings. The zero-order chi connectivity index (χ0) is 26.8. The summed E-state index contributed by atoms with van der Waals surface area (Å²) < 4.78 is 42.4. The maximum absolute atomic E-state index is 13.9. The first kappa shape index (κ1) is 27.1. The second kappa shape index (κ2) is 13.0. The van der Waals surface area contributed by atoms with Gasteiger partial charge in [0, 0.05) is 37.2 Å². The number of ether oxygens (including phenoxy) is 2. The van der Waals surface area contributed by atoms with Gasteiger partial charge in [0.2, 0.25) is 0 Å². The number of hydrogen-bond donors (Lipinski definition) is 2. The SMILES string of the molecule is COC(=O)CC[C@@H](COC(=O)Nc1cc(-c2ccccc2)on1)N(C)C(=O)NCc1cccc(F)c1F. The van der Waals surface area contributed by atoms with E-state index in [9.17, 15) is 23.2 Å². The van der Waals surface area contributed by atoms with Gasteiger partial charge in [0.05, 0.1) is 13.2 Å². The zero-order valence-corrected chi connectivity index (χ0v) is 20.2. The molecule has 3 aromatic rings. The predicted molar refractivity (Wildman–Crippen MR) is 128 cm³/mol. The van der Waals surface area contributed by atoms with Crippen molar-refractivity contribution >= 4 is 23.9 Å². The van der Waals surface area contributed by atoms with Crippen LogP contribution in [0.15, 0.2) is 59.1 Å². The molecule has 3 rings (SSSR count). The molecule has 0 spiro atoms. The molecule has 3 amide bonds. The van der Waals surface area contributed by atoms with Crippen LogP contribution in [0.2, 0.25) is 0 Å². The van der Waals surface area contributed by atoms with E-state index in [0.717, 1.165) is 11.6 Å². The number of carbonyl (C=O) groups is 3. The number of nitrogens with zero attached hydrogens (tertiary/aromatic N) is 2. The van der Waals surface area contributed by atoms with Gasteiger partial charge in [0.15, 0.2) is 23.2 Å². The number of halogens is 2. The summed E-state index contributed by atoms with van der Waals surface area (Å²) in [5.74, 6) is -2.04. The van der Waals surface area contributed by atoms with E-state index in [0.29, 0.717) is 5.76 Å². The molecule has 0 saturated heterocycles. The van der Waals surface area contributed by atoms with Gasteiger partial charge in [0.1, 0.15) is 6.61 Å². The Kier molecular flexibility index (Phi) is 9.53. The van der Waals surface area contributed by atoms with E-state index in [4.69, 9.17) is 9.26 Å². The summed E-state index contributed by atoms with van der Waals surface area (Å²) in [4.78, 5) is 37.8. The number of methoxy groups -OCH3 is 1. The van der Waals surface area contributed by atoms with Gasteiger partial charge >= 0.3 is 18.1 Å². The first-order chi connectivity index (χ1) is 17.8. The van der Waals surface area contributed by atoms with Gasteiger partial charge in [-0.25, -0.2) is 18.4 Å². The van der Waals surface area contributed by atoms with Gasteiger partial charge in [-0.15, -0.1) is 0 Å². The lowest BCUT2D eigenvalue weighted by Gasteiger charge is -2.28. The Morgan fingerprint density at radius 2 is 1.86 bits per heavy atom. The summed E-state index contributed by atoms with van der Waals surface area (Å²) in [7, 11) is 2.65. The van der Waals surface area contributed by atoms with Gasteiger partial charge in [-0.3, -0.25) is 10.1 Å². The van der Waals surface area contributed by atoms with Crippen molar-refractivity contribution < 1.29 is 37.2 Å². The van der Waals surface area contributed by atoms with Crippen molar-refractivity contribution in [2.75, 3.05) is 26.1 Å². The molecule has 1 heterocycles. The number of hydrogen-bond acceptors (Lipinski definition) is 7. The minimum Gasteiger partial charge on any atom is -0.469 e. The average molecular weight is 517 g/mol. The van der Waals surface area contributed by atoms with Gasteiger partial charge in [-0.1, -0.05) is 47.6 Å². The van der Waals surface area contributed by atoms with Crippen LogP contribution in [0.4, 0.5) is 24.2 Å². The van der Waals surface area contributed by atoms with Crippen molar-refractivity contribution in [1.82, 2.24) is 15.4 Å². The van der Waals surface area contributed by atoms with E-state index in [2.05, 4.69) is 20.5 Å². The maximum atomic E-state index is 13.9. The fourth-order valence-electron chi connectivity index (χ4n) is 3.31. The zero-order valence-electron chi connectivity index (χ0n) is 20.2. The highest BCUT2D eigenvalue weighted by Crippen LogP contribution is 2.22. The lowest BCUT2D eigenvalue weighted by atomic mass is 10.1. The number of rotatable bonds is 10. The Labute approximate surface area is 211 Å². The van der Waals surface area contributed by atoms with E-state index >= 15 is 0 Å². The van der Waals surface area contributed by atoms with E-state index in [1.807, 2.05) is 30.3 Å². The van der Waals surface area contributed by atoms with Crippen LogP contribution < -0.4 is 10.6 Å². The largest absolute Gasteiger partial charge is 0.469 e. The molecule has 10 nitrogen and oxygen atoms in total. The number of amides is 3. The Balaban J connectivity index is 1.58. The van der Waals surface area contributed by atoms with E-state index in [-0.39, 0.29) is 37.4 Å². The molecule has 37 heavy (non-hydrogen) atoms. The van der Waals surface area contributed by atoms with Crippen molar-refractivity contribution in [3.05, 3.63) is 71.8 Å². The summed E-state index contributed by atoms with van der Waals surface area (Å²) in [6, 6.07) is 12.9. The van der Waals surface area contributed by atoms with Crippen LogP contribution in [0.5, 0.6) is 0 Å². The van der Waals surface area contributed by atoms with Crippen molar-refractivity contribution in [3.8, 4) is 11.3 Å². The second-order valence-corrected chi connectivity index (χ2v) is 7.92. The Hall–Kier alpha value is -4.48. The minimum atomic E-state index is -1.06. The number of benzene rings is 2. The lowest BCUT2D eigenvalue weighted by Crippen LogP contribution is -2.46. The number of esters is 1. The number of nitrogens with one attached hydrogen (secondary N) is 2. The summed E-state index contributed by atoms with van der Waals surface area (Å²) >= 11 is 0. The average Bonchev–Trinajstić information content (AvgIpc) is 3.37. The van der Waals surface area contributed by atoms with Gasteiger partial charge in [0.25, 0.3) is 0 Å². The number of anilines is 1. The number of likely N-dealkylation sites (N-methyl/N-ethyl adjacent to an activating group) is 1. The Bertz CT molecular complexity index is 1220. The predicted octanol–water partition coefficient (Wildman–Crippen LogP) is 4.33. The van der Waals surface area contributed by atoms with Crippen LogP contribution in [0.1, 0.15) is 18.4 Å². The van der Waals surface area contributed by atoms with E-state index < -0.39 is 35.8 Å². The second-order valence-electron chi connectivity index (χ2n) is 7.92. The van der Waals surface area contributed by atoms with Crippen molar-refractivity contribution in [3.63, 3.8) is 0 Å². The third kappa shape index (κ3) is 7.75. The summed E-state index contributed by atoms with van der Waals surface area (Å²) in [5, 5.41) is 8.70. The molecular formula is C25H26F2N4O6. The third-order valence-electron chi connectivity index (χ3n) is 5.44. The normalized spacial score (nSPS) is 11.4. The molecule has 0 aliphatic rings. The van der Waals surface area contributed by atoms with Crippen molar-refractivity contribution in [2.24, 2.45) is 0 Å². The summed E-state index contributed by atoms with van der Waals surface area (Å²) in [5.41, 5.74) is 0.732. The highest BCUT2D eigenvalue weighted by Gasteiger charge is 2.23. The Morgan fingerprint density at radius 3 is 2.59 bits per heavy atom. The van der Waals surface area contributed by atoms with Gasteiger partial charge in [-0.05, 0) is 12.5 Å². The third-order valence-corrected chi connectivity index (χ3v) is 5.44. The number of urea groups is 1. The van der Waals surface area contributed by atoms with Crippen molar-refractivity contribution in [1.29, 1.82) is 0 Å². The molecule has 196 valence electrons. The van der Waals surface area contributed by atoms with Crippen LogP contribution in [0.3, 0.4) is 0 Å². The van der Waals surface area contributed by atoms with Crippen LogP contribution in [-0.4, -0.2) is 55.0 Å². The topological polar surface area (TPSA) is 123 Å².